The Kier molecular flexibility index (Phi) is 6.86. The van der Waals surface area contributed by atoms with Gasteiger partial charge < -0.3 is 9.47 Å². The van der Waals surface area contributed by atoms with Gasteiger partial charge in [-0.2, -0.15) is 0 Å². The second-order valence-electron chi connectivity index (χ2n) is 5.83. The van der Waals surface area contributed by atoms with Gasteiger partial charge in [-0.05, 0) is 50.6 Å². The van der Waals surface area contributed by atoms with E-state index in [1.807, 2.05) is 32.0 Å². The Morgan fingerprint density at radius 2 is 1.69 bits per heavy atom. The van der Waals surface area contributed by atoms with Gasteiger partial charge in [0.2, 0.25) is 0 Å². The lowest BCUT2D eigenvalue weighted by Gasteiger charge is -2.16. The summed E-state index contributed by atoms with van der Waals surface area (Å²) in [5, 5.41) is 0.408. The van der Waals surface area contributed by atoms with Crippen LogP contribution in [0.5, 0.6) is 11.5 Å². The van der Waals surface area contributed by atoms with Crippen LogP contribution >= 0.6 is 11.6 Å². The molecule has 7 heteroatoms. The SMILES string of the molecule is Cc1ccc(OCC(=O)NNC(=O)C(C)Oc2cc(C)ccc2Cl)cc1. The molecule has 0 aromatic heterocycles. The third-order valence-corrected chi connectivity index (χ3v) is 3.79. The van der Waals surface area contributed by atoms with Gasteiger partial charge in [0.1, 0.15) is 11.5 Å². The highest BCUT2D eigenvalue weighted by Gasteiger charge is 2.17. The molecule has 0 heterocycles. The lowest BCUT2D eigenvalue weighted by Crippen LogP contribution is -2.48. The van der Waals surface area contributed by atoms with E-state index in [0.29, 0.717) is 16.5 Å². The number of carbonyl (C=O) groups excluding carboxylic acids is 2. The van der Waals surface area contributed by atoms with E-state index in [-0.39, 0.29) is 6.61 Å². The quantitative estimate of drug-likeness (QED) is 0.760. The van der Waals surface area contributed by atoms with Crippen LogP contribution in [0.15, 0.2) is 42.5 Å². The summed E-state index contributed by atoms with van der Waals surface area (Å²) in [7, 11) is 0. The summed E-state index contributed by atoms with van der Waals surface area (Å²) in [6, 6.07) is 12.6. The monoisotopic (exact) mass is 376 g/mol. The summed E-state index contributed by atoms with van der Waals surface area (Å²) < 4.78 is 10.9. The number of nitrogens with one attached hydrogen (secondary N) is 2. The van der Waals surface area contributed by atoms with E-state index in [2.05, 4.69) is 10.9 Å². The zero-order chi connectivity index (χ0) is 19.1. The third kappa shape index (κ3) is 5.97. The van der Waals surface area contributed by atoms with E-state index in [1.165, 1.54) is 0 Å². The number of hydrazine groups is 1. The van der Waals surface area contributed by atoms with Crippen molar-refractivity contribution < 1.29 is 19.1 Å². The second-order valence-corrected chi connectivity index (χ2v) is 6.24. The number of amides is 2. The summed E-state index contributed by atoms with van der Waals surface area (Å²) in [5.41, 5.74) is 6.63. The van der Waals surface area contributed by atoms with Crippen molar-refractivity contribution in [1.29, 1.82) is 0 Å². The minimum atomic E-state index is -0.840. The number of benzene rings is 2. The predicted molar refractivity (Wildman–Crippen MR) is 99.2 cm³/mol. The molecule has 0 bridgehead atoms. The number of halogens is 1. The van der Waals surface area contributed by atoms with Gasteiger partial charge in [0, 0.05) is 0 Å². The highest BCUT2D eigenvalue weighted by atomic mass is 35.5. The number of carbonyl (C=O) groups is 2. The first-order chi connectivity index (χ1) is 12.3. The first-order valence-corrected chi connectivity index (χ1v) is 8.44. The highest BCUT2D eigenvalue weighted by molar-refractivity contribution is 6.32. The van der Waals surface area contributed by atoms with Gasteiger partial charge in [0.05, 0.1) is 5.02 Å². The Morgan fingerprint density at radius 1 is 1.04 bits per heavy atom. The van der Waals surface area contributed by atoms with Crippen molar-refractivity contribution in [2.24, 2.45) is 0 Å². The molecule has 0 saturated heterocycles. The zero-order valence-corrected chi connectivity index (χ0v) is 15.6. The molecule has 138 valence electrons. The summed E-state index contributed by atoms with van der Waals surface area (Å²) in [4.78, 5) is 23.8. The molecule has 2 aromatic rings. The van der Waals surface area contributed by atoms with Gasteiger partial charge in [0.15, 0.2) is 12.7 Å². The Hall–Kier alpha value is -2.73. The molecule has 2 aromatic carbocycles. The molecular weight excluding hydrogens is 356 g/mol. The summed E-state index contributed by atoms with van der Waals surface area (Å²) in [6.45, 7) is 5.19. The fourth-order valence-corrected chi connectivity index (χ4v) is 2.16. The summed E-state index contributed by atoms with van der Waals surface area (Å²) in [6.07, 6.45) is -0.840. The largest absolute Gasteiger partial charge is 0.484 e. The predicted octanol–water partition coefficient (Wildman–Crippen LogP) is 2.95. The maximum atomic E-state index is 12.0. The fourth-order valence-electron chi connectivity index (χ4n) is 2.00. The van der Waals surface area contributed by atoms with E-state index in [4.69, 9.17) is 21.1 Å². The van der Waals surface area contributed by atoms with Crippen molar-refractivity contribution in [1.82, 2.24) is 10.9 Å². The van der Waals surface area contributed by atoms with Crippen molar-refractivity contribution in [2.75, 3.05) is 6.61 Å². The minimum Gasteiger partial charge on any atom is -0.484 e. The Bertz CT molecular complexity index is 778. The van der Waals surface area contributed by atoms with E-state index in [9.17, 15) is 9.59 Å². The lowest BCUT2D eigenvalue weighted by atomic mass is 10.2. The van der Waals surface area contributed by atoms with Gasteiger partial charge in [-0.1, -0.05) is 35.4 Å². The van der Waals surface area contributed by atoms with Gasteiger partial charge in [0.25, 0.3) is 11.8 Å². The van der Waals surface area contributed by atoms with Crippen LogP contribution < -0.4 is 20.3 Å². The number of aryl methyl sites for hydroxylation is 2. The van der Waals surface area contributed by atoms with Crippen LogP contribution in [0.25, 0.3) is 0 Å². The molecule has 0 aliphatic heterocycles. The van der Waals surface area contributed by atoms with Crippen LogP contribution in [-0.2, 0) is 9.59 Å². The van der Waals surface area contributed by atoms with Crippen LogP contribution in [-0.4, -0.2) is 24.5 Å². The van der Waals surface area contributed by atoms with E-state index in [1.54, 1.807) is 31.2 Å². The average Bonchev–Trinajstić information content (AvgIpc) is 2.62. The molecule has 2 amide bonds. The zero-order valence-electron chi connectivity index (χ0n) is 14.8. The Morgan fingerprint density at radius 3 is 2.38 bits per heavy atom. The first kappa shape index (κ1) is 19.6. The van der Waals surface area contributed by atoms with Gasteiger partial charge in [-0.3, -0.25) is 20.4 Å². The van der Waals surface area contributed by atoms with E-state index in [0.717, 1.165) is 11.1 Å². The lowest BCUT2D eigenvalue weighted by molar-refractivity contribution is -0.133. The van der Waals surface area contributed by atoms with Crippen LogP contribution in [0.4, 0.5) is 0 Å². The van der Waals surface area contributed by atoms with Gasteiger partial charge in [-0.15, -0.1) is 0 Å². The van der Waals surface area contributed by atoms with E-state index >= 15 is 0 Å². The van der Waals surface area contributed by atoms with Crippen molar-refractivity contribution in [3.63, 3.8) is 0 Å². The second kappa shape index (κ2) is 9.10. The number of hydrogen-bond acceptors (Lipinski definition) is 4. The Balaban J connectivity index is 1.77. The molecule has 26 heavy (non-hydrogen) atoms. The molecule has 2 rings (SSSR count). The van der Waals surface area contributed by atoms with Crippen LogP contribution in [0.2, 0.25) is 5.02 Å². The Labute approximate surface area is 157 Å². The number of ether oxygens (including phenoxy) is 2. The molecule has 1 atom stereocenters. The standard InChI is InChI=1S/C19H21ClN2O4/c1-12-4-7-15(8-5-12)25-11-18(23)21-22-19(24)14(3)26-17-10-13(2)6-9-16(17)20/h4-10,14H,11H2,1-3H3,(H,21,23)(H,22,24). The van der Waals surface area contributed by atoms with Gasteiger partial charge >= 0.3 is 0 Å². The molecule has 0 spiro atoms. The molecule has 0 radical (unpaired) electrons. The molecular formula is C19H21ClN2O4. The summed E-state index contributed by atoms with van der Waals surface area (Å²) in [5.74, 6) is -0.0165. The minimum absolute atomic E-state index is 0.220. The average molecular weight is 377 g/mol. The molecule has 0 saturated carbocycles. The van der Waals surface area contributed by atoms with Crippen LogP contribution in [0, 0.1) is 13.8 Å². The van der Waals surface area contributed by atoms with Crippen LogP contribution in [0.3, 0.4) is 0 Å². The third-order valence-electron chi connectivity index (χ3n) is 3.48. The van der Waals surface area contributed by atoms with Crippen molar-refractivity contribution in [3.05, 3.63) is 58.6 Å². The normalized spacial score (nSPS) is 11.4. The first-order valence-electron chi connectivity index (χ1n) is 8.06. The molecule has 2 N–H and O–H groups in total. The molecule has 0 fully saturated rings. The summed E-state index contributed by atoms with van der Waals surface area (Å²) >= 11 is 6.04. The van der Waals surface area contributed by atoms with Gasteiger partial charge in [-0.25, -0.2) is 0 Å². The highest BCUT2D eigenvalue weighted by Crippen LogP contribution is 2.26. The maximum Gasteiger partial charge on any atom is 0.279 e. The van der Waals surface area contributed by atoms with Crippen molar-refractivity contribution in [3.8, 4) is 11.5 Å². The van der Waals surface area contributed by atoms with E-state index < -0.39 is 17.9 Å². The topological polar surface area (TPSA) is 76.7 Å². The van der Waals surface area contributed by atoms with Crippen LogP contribution in [0.1, 0.15) is 18.1 Å². The van der Waals surface area contributed by atoms with Crippen molar-refractivity contribution >= 4 is 23.4 Å². The number of rotatable bonds is 6. The fraction of sp³-hybridized carbons (Fsp3) is 0.263. The molecule has 0 aliphatic carbocycles. The smallest absolute Gasteiger partial charge is 0.279 e. The molecule has 0 aliphatic rings. The molecule has 1 unspecified atom stereocenters. The van der Waals surface area contributed by atoms with Crippen molar-refractivity contribution in [2.45, 2.75) is 26.9 Å². The maximum absolute atomic E-state index is 12.0. The number of hydrogen-bond donors (Lipinski definition) is 2. The molecule has 6 nitrogen and oxygen atoms in total.